The molecule has 2 aromatic heterocycles. The van der Waals surface area contributed by atoms with Gasteiger partial charge in [-0.25, -0.2) is 4.98 Å². The molecule has 0 unspecified atom stereocenters. The molecule has 4 nitrogen and oxygen atoms in total. The molecule has 7 heteroatoms. The van der Waals surface area contributed by atoms with Gasteiger partial charge >= 0.3 is 0 Å². The van der Waals surface area contributed by atoms with Gasteiger partial charge < -0.3 is 5.11 Å². The van der Waals surface area contributed by atoms with E-state index in [0.717, 1.165) is 64.4 Å². The van der Waals surface area contributed by atoms with Crippen LogP contribution in [0.15, 0.2) is 66.7 Å². The summed E-state index contributed by atoms with van der Waals surface area (Å²) in [7, 11) is -1.61. The maximum absolute atomic E-state index is 11.7. The van der Waals surface area contributed by atoms with Gasteiger partial charge in [0.25, 0.3) is 0 Å². The Morgan fingerprint density at radius 1 is 0.958 bits per heavy atom. The zero-order chi connectivity index (χ0) is 35.4. The van der Waals surface area contributed by atoms with Crippen molar-refractivity contribution < 1.29 is 31.4 Å². The van der Waals surface area contributed by atoms with Crippen LogP contribution in [0.3, 0.4) is 0 Å². The molecule has 1 N–H and O–H groups in total. The molecule has 0 aliphatic rings. The summed E-state index contributed by atoms with van der Waals surface area (Å²) < 4.78 is 10.6. The third kappa shape index (κ3) is 9.50. The quantitative estimate of drug-likeness (QED) is 0.0658. The van der Waals surface area contributed by atoms with Gasteiger partial charge in [0.15, 0.2) is 5.78 Å². The Bertz CT molecular complexity index is 1930. The maximum atomic E-state index is 11.7. The van der Waals surface area contributed by atoms with Gasteiger partial charge in [0, 0.05) is 58.5 Å². The van der Waals surface area contributed by atoms with E-state index in [-0.39, 0.29) is 55.2 Å². The first-order valence-corrected chi connectivity index (χ1v) is 21.5. The van der Waals surface area contributed by atoms with E-state index in [1.165, 1.54) is 26.9 Å². The Balaban J connectivity index is 0.000000347. The first kappa shape index (κ1) is 38.1. The Morgan fingerprint density at radius 3 is 2.21 bits per heavy atom. The number of aliphatic hydroxyl groups excluding tert-OH is 1. The molecule has 259 valence electrons. The number of hydrogen-bond acceptors (Lipinski definition) is 5. The number of benzene rings is 3. The van der Waals surface area contributed by atoms with E-state index in [4.69, 9.17) is 1.37 Å². The molecule has 0 amide bonds. The molecule has 0 aliphatic carbocycles. The predicted molar refractivity (Wildman–Crippen MR) is 207 cm³/mol. The fourth-order valence-corrected chi connectivity index (χ4v) is 9.05. The largest absolute Gasteiger partial charge is 0.512 e. The van der Waals surface area contributed by atoms with Gasteiger partial charge in [-0.3, -0.25) is 9.78 Å². The number of nitrogens with zero attached hydrogens (tertiary/aromatic N) is 2. The summed E-state index contributed by atoms with van der Waals surface area (Å²) in [5.74, 6) is 0.547. The van der Waals surface area contributed by atoms with Crippen LogP contribution >= 0.6 is 11.3 Å². The normalized spacial score (nSPS) is 12.8. The minimum atomic E-state index is -1.61. The average Bonchev–Trinajstić information content (AvgIpc) is 3.37. The van der Waals surface area contributed by atoms with Crippen molar-refractivity contribution in [2.24, 2.45) is 17.3 Å². The van der Waals surface area contributed by atoms with Crippen LogP contribution in [0, 0.1) is 23.3 Å². The summed E-state index contributed by atoms with van der Waals surface area (Å²) in [4.78, 5) is 20.9. The molecule has 0 bridgehead atoms. The van der Waals surface area contributed by atoms with Gasteiger partial charge in [-0.1, -0.05) is 109 Å². The van der Waals surface area contributed by atoms with E-state index in [9.17, 15) is 9.90 Å². The number of fused-ring (bicyclic) bond motifs is 4. The van der Waals surface area contributed by atoms with Gasteiger partial charge in [0.05, 0.1) is 19.3 Å². The van der Waals surface area contributed by atoms with Crippen LogP contribution < -0.4 is 5.19 Å². The van der Waals surface area contributed by atoms with Crippen molar-refractivity contribution in [2.45, 2.75) is 100 Å². The Hall–Kier alpha value is -2.70. The number of hydrogen-bond donors (Lipinski definition) is 1. The fraction of sp³-hybridized carbons (Fsp3) is 0.439. The van der Waals surface area contributed by atoms with E-state index < -0.39 is 8.07 Å². The van der Waals surface area contributed by atoms with Crippen molar-refractivity contribution in [3.63, 3.8) is 0 Å². The number of allylic oxidation sites excluding steroid dienone is 2. The number of rotatable bonds is 10. The van der Waals surface area contributed by atoms with Crippen molar-refractivity contribution in [1.82, 2.24) is 9.97 Å². The van der Waals surface area contributed by atoms with Crippen molar-refractivity contribution in [1.29, 1.82) is 0 Å². The summed E-state index contributed by atoms with van der Waals surface area (Å²) in [5.41, 5.74) is 4.24. The molecule has 5 aromatic rings. The van der Waals surface area contributed by atoms with E-state index in [0.29, 0.717) is 0 Å². The maximum Gasteiger partial charge on any atom is 0.162 e. The van der Waals surface area contributed by atoms with E-state index in [1.54, 1.807) is 11.3 Å². The third-order valence-electron chi connectivity index (χ3n) is 8.92. The van der Waals surface area contributed by atoms with E-state index >= 15 is 0 Å². The SMILES string of the molecule is CCC(CC)C(=O)/C=C(\O)C(CC)CC.[2H]c1nc(-c2[c-]c3ccccc3c([Si](C)(C)C)c2)c2sc3cc(CC(C)(C)C)ccc3c2n1.[Ir]. The molecule has 0 aliphatic heterocycles. The molecular formula is C41H53IrN2O2SSi-. The molecule has 3 aromatic carbocycles. The van der Waals surface area contributed by atoms with Crippen LogP contribution in [0.25, 0.3) is 42.3 Å². The van der Waals surface area contributed by atoms with Crippen LogP contribution in [0.5, 0.6) is 0 Å². The minimum absolute atomic E-state index is 0. The second kappa shape index (κ2) is 16.8. The predicted octanol–water partition coefficient (Wildman–Crippen LogP) is 11.5. The molecule has 1 radical (unpaired) electrons. The van der Waals surface area contributed by atoms with E-state index in [2.05, 4.69) is 105 Å². The number of thiophene rings is 1. The summed E-state index contributed by atoms with van der Waals surface area (Å²) in [5, 5.41) is 14.7. The Labute approximate surface area is 308 Å². The second-order valence-corrected chi connectivity index (χ2v) is 21.0. The third-order valence-corrected chi connectivity index (χ3v) is 12.1. The summed E-state index contributed by atoms with van der Waals surface area (Å²) in [6, 6.07) is 21.1. The molecule has 0 saturated heterocycles. The topological polar surface area (TPSA) is 63.1 Å². The number of carbonyl (C=O) groups is 1. The number of carbonyl (C=O) groups excluding carboxylic acids is 1. The van der Waals surface area contributed by atoms with Crippen molar-refractivity contribution in [2.75, 3.05) is 0 Å². The first-order valence-electron chi connectivity index (χ1n) is 17.7. The van der Waals surface area contributed by atoms with Crippen LogP contribution in [-0.2, 0) is 31.3 Å². The molecule has 0 saturated carbocycles. The average molecular weight is 859 g/mol. The number of ketones is 1. The standard InChI is InChI=1S/C28H29N2SSi.C13H24O2.Ir/c1-28(2,3)16-18-11-12-22-23(13-18)31-27-25(29-17-30-26(22)27)20-14-19-9-7-8-10-21(19)24(15-20)32(4,5)6;1-5-10(6-2)12(14)9-13(15)11(7-3)8-4;/h7-13,15,17H,16H2,1-6H3;9-11,14H,5-8H2,1-4H3;/q-1;;/b;12-9-;/i17D;;. The zero-order valence-electron chi connectivity index (χ0n) is 31.4. The Morgan fingerprint density at radius 2 is 1.60 bits per heavy atom. The van der Waals surface area contributed by atoms with Crippen molar-refractivity contribution in [3.05, 3.63) is 78.3 Å². The minimum Gasteiger partial charge on any atom is -0.512 e. The molecule has 0 spiro atoms. The molecule has 2 heterocycles. The molecule has 0 atom stereocenters. The fourth-order valence-electron chi connectivity index (χ4n) is 6.24. The Kier molecular flexibility index (Phi) is 13.3. The van der Waals surface area contributed by atoms with Crippen LogP contribution in [0.2, 0.25) is 19.6 Å². The van der Waals surface area contributed by atoms with Gasteiger partial charge in [-0.2, -0.15) is 0 Å². The number of aliphatic hydroxyl groups is 1. The first-order chi connectivity index (χ1) is 22.6. The van der Waals surface area contributed by atoms with Gasteiger partial charge in [0.1, 0.15) is 7.67 Å². The monoisotopic (exact) mass is 859 g/mol. The second-order valence-electron chi connectivity index (χ2n) is 14.9. The summed E-state index contributed by atoms with van der Waals surface area (Å²) >= 11 is 1.73. The summed E-state index contributed by atoms with van der Waals surface area (Å²) in [6.07, 6.45) is 5.99. The number of aromatic nitrogens is 2. The van der Waals surface area contributed by atoms with Gasteiger partial charge in [-0.15, -0.1) is 40.1 Å². The smallest absolute Gasteiger partial charge is 0.162 e. The molecule has 0 fully saturated rings. The molecule has 5 rings (SSSR count). The molecular weight excluding hydrogens is 805 g/mol. The summed E-state index contributed by atoms with van der Waals surface area (Å²) in [6.45, 7) is 22.0. The van der Waals surface area contributed by atoms with Gasteiger partial charge in [0.2, 0.25) is 0 Å². The van der Waals surface area contributed by atoms with E-state index in [1.807, 2.05) is 27.7 Å². The van der Waals surface area contributed by atoms with Crippen LogP contribution in [-0.4, -0.2) is 28.9 Å². The van der Waals surface area contributed by atoms with Crippen molar-refractivity contribution in [3.8, 4) is 11.3 Å². The van der Waals surface area contributed by atoms with Crippen LogP contribution in [0.1, 0.15) is 81.1 Å². The molecule has 48 heavy (non-hydrogen) atoms. The van der Waals surface area contributed by atoms with Crippen molar-refractivity contribution >= 4 is 61.5 Å². The zero-order valence-corrected chi connectivity index (χ0v) is 34.6. The van der Waals surface area contributed by atoms with Gasteiger partial charge in [-0.05, 0) is 49.1 Å². The van der Waals surface area contributed by atoms with Crippen LogP contribution in [0.4, 0.5) is 0 Å².